The van der Waals surface area contributed by atoms with Crippen molar-refractivity contribution < 1.29 is 0 Å². The molecule has 0 saturated heterocycles. The van der Waals surface area contributed by atoms with Crippen LogP contribution >= 0.6 is 11.6 Å². The number of hydrogen-bond donors (Lipinski definition) is 1. The SMILES string of the molecule is CN(C)c1ccc(-c2ncnc(Cl)c2N)cc1. The first-order valence-corrected chi connectivity index (χ1v) is 5.51. The molecule has 5 heteroatoms. The zero-order chi connectivity index (χ0) is 12.4. The van der Waals surface area contributed by atoms with Gasteiger partial charge in [0.2, 0.25) is 0 Å². The first kappa shape index (κ1) is 11.7. The van der Waals surface area contributed by atoms with Crippen LogP contribution in [-0.4, -0.2) is 24.1 Å². The number of nitrogen functional groups attached to an aromatic ring is 1. The van der Waals surface area contributed by atoms with Crippen LogP contribution in [0.2, 0.25) is 5.15 Å². The van der Waals surface area contributed by atoms with Crippen molar-refractivity contribution in [3.63, 3.8) is 0 Å². The molecule has 0 spiro atoms. The van der Waals surface area contributed by atoms with Crippen LogP contribution in [0.25, 0.3) is 11.3 Å². The molecule has 0 unspecified atom stereocenters. The van der Waals surface area contributed by atoms with E-state index in [4.69, 9.17) is 17.3 Å². The molecule has 2 aromatic rings. The lowest BCUT2D eigenvalue weighted by atomic mass is 10.1. The molecule has 1 aromatic heterocycles. The lowest BCUT2D eigenvalue weighted by molar-refractivity contribution is 1.13. The van der Waals surface area contributed by atoms with Gasteiger partial charge in [-0.15, -0.1) is 0 Å². The Morgan fingerprint density at radius 3 is 2.35 bits per heavy atom. The molecular weight excluding hydrogens is 236 g/mol. The molecule has 0 aliphatic heterocycles. The number of anilines is 2. The average Bonchev–Trinajstić information content (AvgIpc) is 2.33. The van der Waals surface area contributed by atoms with Crippen LogP contribution < -0.4 is 10.6 Å². The van der Waals surface area contributed by atoms with Gasteiger partial charge in [0.1, 0.15) is 6.33 Å². The van der Waals surface area contributed by atoms with Crippen LogP contribution in [0.3, 0.4) is 0 Å². The van der Waals surface area contributed by atoms with E-state index >= 15 is 0 Å². The first-order valence-electron chi connectivity index (χ1n) is 5.13. The Balaban J connectivity index is 2.43. The average molecular weight is 249 g/mol. The number of aromatic nitrogens is 2. The fourth-order valence-electron chi connectivity index (χ4n) is 1.52. The summed E-state index contributed by atoms with van der Waals surface area (Å²) in [5, 5.41) is 0.284. The van der Waals surface area contributed by atoms with Crippen LogP contribution in [0, 0.1) is 0 Å². The Labute approximate surface area is 105 Å². The quantitative estimate of drug-likeness (QED) is 0.830. The summed E-state index contributed by atoms with van der Waals surface area (Å²) >= 11 is 5.86. The smallest absolute Gasteiger partial charge is 0.155 e. The van der Waals surface area contributed by atoms with Gasteiger partial charge in [0.15, 0.2) is 5.15 Å². The molecule has 0 radical (unpaired) electrons. The van der Waals surface area contributed by atoms with Crippen LogP contribution in [0.1, 0.15) is 0 Å². The van der Waals surface area contributed by atoms with Crippen molar-refractivity contribution in [1.29, 1.82) is 0 Å². The molecule has 2 rings (SSSR count). The van der Waals surface area contributed by atoms with Gasteiger partial charge in [-0.05, 0) is 12.1 Å². The molecule has 0 atom stereocenters. The summed E-state index contributed by atoms with van der Waals surface area (Å²) in [6.07, 6.45) is 1.41. The molecule has 0 aliphatic carbocycles. The largest absolute Gasteiger partial charge is 0.394 e. The lowest BCUT2D eigenvalue weighted by Crippen LogP contribution is -2.08. The van der Waals surface area contributed by atoms with Crippen LogP contribution in [-0.2, 0) is 0 Å². The maximum absolute atomic E-state index is 5.86. The van der Waals surface area contributed by atoms with Crippen LogP contribution in [0.5, 0.6) is 0 Å². The summed E-state index contributed by atoms with van der Waals surface area (Å²) in [4.78, 5) is 10.0. The number of hydrogen-bond acceptors (Lipinski definition) is 4. The van der Waals surface area contributed by atoms with Gasteiger partial charge < -0.3 is 10.6 Å². The molecule has 2 N–H and O–H groups in total. The van der Waals surface area contributed by atoms with Crippen molar-refractivity contribution in [3.05, 3.63) is 35.7 Å². The van der Waals surface area contributed by atoms with E-state index in [9.17, 15) is 0 Å². The van der Waals surface area contributed by atoms with E-state index in [1.54, 1.807) is 0 Å². The van der Waals surface area contributed by atoms with Gasteiger partial charge in [0.25, 0.3) is 0 Å². The Morgan fingerprint density at radius 2 is 1.76 bits per heavy atom. The zero-order valence-electron chi connectivity index (χ0n) is 9.68. The summed E-state index contributed by atoms with van der Waals surface area (Å²) in [7, 11) is 3.98. The molecule has 0 aliphatic rings. The van der Waals surface area contributed by atoms with Crippen molar-refractivity contribution in [1.82, 2.24) is 9.97 Å². The highest BCUT2D eigenvalue weighted by molar-refractivity contribution is 6.32. The van der Waals surface area contributed by atoms with Crippen molar-refractivity contribution in [2.75, 3.05) is 24.7 Å². The Morgan fingerprint density at radius 1 is 1.12 bits per heavy atom. The second kappa shape index (κ2) is 4.59. The molecule has 88 valence electrons. The van der Waals surface area contributed by atoms with E-state index in [0.717, 1.165) is 11.3 Å². The van der Waals surface area contributed by atoms with E-state index in [2.05, 4.69) is 9.97 Å². The summed E-state index contributed by atoms with van der Waals surface area (Å²) in [5.41, 5.74) is 8.96. The third-order valence-corrected chi connectivity index (χ3v) is 2.79. The number of rotatable bonds is 2. The number of halogens is 1. The number of nitrogens with zero attached hydrogens (tertiary/aromatic N) is 3. The van der Waals surface area contributed by atoms with Crippen molar-refractivity contribution in [2.45, 2.75) is 0 Å². The second-order valence-electron chi connectivity index (χ2n) is 3.87. The summed E-state index contributed by atoms with van der Waals surface area (Å²) in [6, 6.07) is 7.93. The monoisotopic (exact) mass is 248 g/mol. The summed E-state index contributed by atoms with van der Waals surface area (Å²) < 4.78 is 0. The standard InChI is InChI=1S/C12H13ClN4/c1-17(2)9-5-3-8(4-6-9)11-10(14)12(13)16-7-15-11/h3-7H,14H2,1-2H3. The summed E-state index contributed by atoms with van der Waals surface area (Å²) in [6.45, 7) is 0. The number of benzene rings is 1. The van der Waals surface area contributed by atoms with Gasteiger partial charge in [-0.3, -0.25) is 0 Å². The minimum absolute atomic E-state index is 0.284. The molecular formula is C12H13ClN4. The second-order valence-corrected chi connectivity index (χ2v) is 4.23. The fourth-order valence-corrected chi connectivity index (χ4v) is 1.65. The minimum atomic E-state index is 0.284. The molecule has 4 nitrogen and oxygen atoms in total. The predicted molar refractivity (Wildman–Crippen MR) is 71.2 cm³/mol. The molecule has 0 bridgehead atoms. The van der Waals surface area contributed by atoms with Gasteiger partial charge in [0.05, 0.1) is 11.4 Å². The van der Waals surface area contributed by atoms with Gasteiger partial charge in [0, 0.05) is 25.3 Å². The third kappa shape index (κ3) is 2.31. The zero-order valence-corrected chi connectivity index (χ0v) is 10.4. The summed E-state index contributed by atoms with van der Waals surface area (Å²) in [5.74, 6) is 0. The lowest BCUT2D eigenvalue weighted by Gasteiger charge is -2.13. The fraction of sp³-hybridized carbons (Fsp3) is 0.167. The van der Waals surface area contributed by atoms with Crippen molar-refractivity contribution >= 4 is 23.0 Å². The van der Waals surface area contributed by atoms with Gasteiger partial charge >= 0.3 is 0 Å². The van der Waals surface area contributed by atoms with E-state index in [1.165, 1.54) is 6.33 Å². The normalized spacial score (nSPS) is 10.3. The van der Waals surface area contributed by atoms with Gasteiger partial charge in [-0.2, -0.15) is 0 Å². The van der Waals surface area contributed by atoms with E-state index in [0.29, 0.717) is 11.4 Å². The molecule has 1 aromatic carbocycles. The molecule has 1 heterocycles. The van der Waals surface area contributed by atoms with E-state index < -0.39 is 0 Å². The van der Waals surface area contributed by atoms with Gasteiger partial charge in [-0.25, -0.2) is 9.97 Å². The third-order valence-electron chi connectivity index (χ3n) is 2.49. The van der Waals surface area contributed by atoms with Crippen LogP contribution in [0.4, 0.5) is 11.4 Å². The molecule has 0 fully saturated rings. The van der Waals surface area contributed by atoms with E-state index in [-0.39, 0.29) is 5.15 Å². The predicted octanol–water partition coefficient (Wildman–Crippen LogP) is 2.45. The Hall–Kier alpha value is -1.81. The van der Waals surface area contributed by atoms with Gasteiger partial charge in [-0.1, -0.05) is 23.7 Å². The van der Waals surface area contributed by atoms with Crippen molar-refractivity contribution in [2.24, 2.45) is 0 Å². The Bertz CT molecular complexity index is 523. The Kier molecular flexibility index (Phi) is 3.15. The highest BCUT2D eigenvalue weighted by Crippen LogP contribution is 2.28. The highest BCUT2D eigenvalue weighted by atomic mass is 35.5. The van der Waals surface area contributed by atoms with Crippen LogP contribution in [0.15, 0.2) is 30.6 Å². The highest BCUT2D eigenvalue weighted by Gasteiger charge is 2.08. The molecule has 0 amide bonds. The molecule has 0 saturated carbocycles. The molecule has 17 heavy (non-hydrogen) atoms. The number of nitrogens with two attached hydrogens (primary N) is 1. The maximum Gasteiger partial charge on any atom is 0.155 e. The first-order chi connectivity index (χ1) is 8.09. The maximum atomic E-state index is 5.86. The van der Waals surface area contributed by atoms with E-state index in [1.807, 2.05) is 43.3 Å². The van der Waals surface area contributed by atoms with Crippen molar-refractivity contribution in [3.8, 4) is 11.3 Å². The topological polar surface area (TPSA) is 55.0 Å². The minimum Gasteiger partial charge on any atom is -0.394 e.